The molecule has 0 aliphatic heterocycles. The Morgan fingerprint density at radius 3 is 1.29 bits per heavy atom. The van der Waals surface area contributed by atoms with E-state index in [1.54, 1.807) is 6.08 Å². The maximum atomic E-state index is 12.4. The molecule has 2 unspecified atom stereocenters. The summed E-state index contributed by atoms with van der Waals surface area (Å²) in [4.78, 5) is 12.4. The van der Waals surface area contributed by atoms with Crippen molar-refractivity contribution >= 4 is 5.91 Å². The molecular formula is C44H83NO3. The van der Waals surface area contributed by atoms with E-state index < -0.39 is 12.1 Å². The zero-order chi connectivity index (χ0) is 35.0. The summed E-state index contributed by atoms with van der Waals surface area (Å²) in [5, 5.41) is 23.0. The van der Waals surface area contributed by atoms with Gasteiger partial charge in [-0.15, -0.1) is 0 Å². The smallest absolute Gasteiger partial charge is 0.220 e. The predicted molar refractivity (Wildman–Crippen MR) is 212 cm³/mol. The molecule has 0 aromatic rings. The average molecular weight is 674 g/mol. The Balaban J connectivity index is 3.59. The van der Waals surface area contributed by atoms with Gasteiger partial charge < -0.3 is 15.5 Å². The number of hydrogen-bond donors (Lipinski definition) is 3. The molecule has 2 atom stereocenters. The van der Waals surface area contributed by atoms with Crippen LogP contribution in [0.2, 0.25) is 0 Å². The van der Waals surface area contributed by atoms with Gasteiger partial charge in [0.05, 0.1) is 18.8 Å². The van der Waals surface area contributed by atoms with Gasteiger partial charge in [0.15, 0.2) is 0 Å². The molecule has 4 heteroatoms. The third-order valence-electron chi connectivity index (χ3n) is 9.62. The lowest BCUT2D eigenvalue weighted by molar-refractivity contribution is -0.123. The standard InChI is InChI=1S/C44H83NO3/c1-3-5-7-9-11-13-15-17-19-21-22-24-25-27-29-31-33-35-37-39-43(47)42(41-46)45-44(48)40-38-36-34-32-30-28-26-23-20-18-16-14-12-10-8-6-4-2/h12,14,18,20,37,39,42-43,46-47H,3-11,13,15-17,19,21-36,38,40-41H2,1-2H3,(H,45,48)/b14-12-,20-18-,39-37+. The summed E-state index contributed by atoms with van der Waals surface area (Å²) in [6.07, 6.45) is 52.4. The summed E-state index contributed by atoms with van der Waals surface area (Å²) in [5.74, 6) is -0.0720. The number of hydrogen-bond acceptors (Lipinski definition) is 3. The van der Waals surface area contributed by atoms with Crippen molar-refractivity contribution in [2.24, 2.45) is 0 Å². The Labute approximate surface area is 300 Å². The van der Waals surface area contributed by atoms with E-state index in [1.807, 2.05) is 6.08 Å². The highest BCUT2D eigenvalue weighted by molar-refractivity contribution is 5.76. The molecule has 0 aromatic heterocycles. The maximum absolute atomic E-state index is 12.4. The number of carbonyl (C=O) groups is 1. The third-order valence-corrected chi connectivity index (χ3v) is 9.62. The molecule has 1 amide bonds. The van der Waals surface area contributed by atoms with E-state index >= 15 is 0 Å². The molecule has 0 bridgehead atoms. The van der Waals surface area contributed by atoms with Gasteiger partial charge in [-0.3, -0.25) is 4.79 Å². The number of aliphatic hydroxyl groups is 2. The minimum atomic E-state index is -0.841. The molecule has 0 saturated heterocycles. The van der Waals surface area contributed by atoms with E-state index in [0.29, 0.717) is 6.42 Å². The maximum Gasteiger partial charge on any atom is 0.220 e. The fourth-order valence-corrected chi connectivity index (χ4v) is 6.33. The van der Waals surface area contributed by atoms with Crippen molar-refractivity contribution in [2.45, 2.75) is 231 Å². The normalized spacial score (nSPS) is 13.3. The van der Waals surface area contributed by atoms with Crippen molar-refractivity contribution in [3.05, 3.63) is 36.5 Å². The monoisotopic (exact) mass is 674 g/mol. The molecule has 3 N–H and O–H groups in total. The van der Waals surface area contributed by atoms with E-state index in [4.69, 9.17) is 0 Å². The summed E-state index contributed by atoms with van der Waals surface area (Å²) in [5.41, 5.74) is 0. The molecule has 0 aliphatic carbocycles. The summed E-state index contributed by atoms with van der Waals surface area (Å²) in [7, 11) is 0. The highest BCUT2D eigenvalue weighted by atomic mass is 16.3. The molecule has 0 heterocycles. The Kier molecular flexibility index (Phi) is 38.9. The quantitative estimate of drug-likeness (QED) is 0.0451. The van der Waals surface area contributed by atoms with Gasteiger partial charge in [-0.1, -0.05) is 198 Å². The van der Waals surface area contributed by atoms with Gasteiger partial charge in [0, 0.05) is 6.42 Å². The number of allylic oxidation sites excluding steroid dienone is 5. The molecule has 0 saturated carbocycles. The average Bonchev–Trinajstić information content (AvgIpc) is 3.09. The summed E-state index contributed by atoms with van der Waals surface area (Å²) in [6.45, 7) is 4.28. The van der Waals surface area contributed by atoms with Crippen LogP contribution in [0.4, 0.5) is 0 Å². The van der Waals surface area contributed by atoms with E-state index in [0.717, 1.165) is 32.1 Å². The van der Waals surface area contributed by atoms with Crippen LogP contribution >= 0.6 is 0 Å². The molecular weight excluding hydrogens is 590 g/mol. The van der Waals surface area contributed by atoms with Crippen molar-refractivity contribution in [1.29, 1.82) is 0 Å². The molecule has 0 fully saturated rings. The Hall–Kier alpha value is -1.39. The Morgan fingerprint density at radius 1 is 0.500 bits per heavy atom. The summed E-state index contributed by atoms with van der Waals surface area (Å²) < 4.78 is 0. The van der Waals surface area contributed by atoms with Gasteiger partial charge in [0.1, 0.15) is 0 Å². The number of nitrogens with one attached hydrogen (secondary N) is 1. The van der Waals surface area contributed by atoms with Gasteiger partial charge in [-0.05, 0) is 51.4 Å². The first-order valence-electron chi connectivity index (χ1n) is 21.2. The van der Waals surface area contributed by atoms with Crippen molar-refractivity contribution in [3.63, 3.8) is 0 Å². The molecule has 48 heavy (non-hydrogen) atoms. The van der Waals surface area contributed by atoms with Crippen LogP contribution in [0, 0.1) is 0 Å². The van der Waals surface area contributed by atoms with Gasteiger partial charge in [0.25, 0.3) is 0 Å². The lowest BCUT2D eigenvalue weighted by Crippen LogP contribution is -2.45. The second-order valence-electron chi connectivity index (χ2n) is 14.4. The van der Waals surface area contributed by atoms with Gasteiger partial charge in [0.2, 0.25) is 5.91 Å². The van der Waals surface area contributed by atoms with E-state index in [9.17, 15) is 15.0 Å². The third kappa shape index (κ3) is 35.9. The fourth-order valence-electron chi connectivity index (χ4n) is 6.33. The van der Waals surface area contributed by atoms with Crippen LogP contribution in [0.15, 0.2) is 36.5 Å². The Morgan fingerprint density at radius 2 is 0.854 bits per heavy atom. The first-order chi connectivity index (χ1) is 23.7. The van der Waals surface area contributed by atoms with Crippen LogP contribution in [0.1, 0.15) is 219 Å². The summed E-state index contributed by atoms with van der Waals surface area (Å²) >= 11 is 0. The van der Waals surface area contributed by atoms with E-state index in [1.165, 1.54) is 167 Å². The van der Waals surface area contributed by atoms with E-state index in [-0.39, 0.29) is 12.5 Å². The van der Waals surface area contributed by atoms with Crippen molar-refractivity contribution in [3.8, 4) is 0 Å². The zero-order valence-corrected chi connectivity index (χ0v) is 32.3. The number of unbranched alkanes of at least 4 members (excludes halogenated alkanes) is 27. The number of carbonyl (C=O) groups excluding carboxylic acids is 1. The first kappa shape index (κ1) is 46.6. The fraction of sp³-hybridized carbons (Fsp3) is 0.841. The van der Waals surface area contributed by atoms with Crippen molar-refractivity contribution < 1.29 is 15.0 Å². The largest absolute Gasteiger partial charge is 0.394 e. The highest BCUT2D eigenvalue weighted by Crippen LogP contribution is 2.15. The van der Waals surface area contributed by atoms with Crippen LogP contribution in [0.5, 0.6) is 0 Å². The second kappa shape index (κ2) is 40.0. The molecule has 0 aliphatic rings. The number of amides is 1. The number of rotatable bonds is 38. The van der Waals surface area contributed by atoms with Crippen molar-refractivity contribution in [2.75, 3.05) is 6.61 Å². The van der Waals surface area contributed by atoms with Crippen LogP contribution in [0.25, 0.3) is 0 Å². The lowest BCUT2D eigenvalue weighted by Gasteiger charge is -2.20. The van der Waals surface area contributed by atoms with Gasteiger partial charge >= 0.3 is 0 Å². The molecule has 282 valence electrons. The lowest BCUT2D eigenvalue weighted by atomic mass is 10.0. The van der Waals surface area contributed by atoms with Crippen LogP contribution < -0.4 is 5.32 Å². The van der Waals surface area contributed by atoms with Crippen molar-refractivity contribution in [1.82, 2.24) is 5.32 Å². The molecule has 0 rings (SSSR count). The number of aliphatic hydroxyl groups excluding tert-OH is 2. The molecule has 0 spiro atoms. The van der Waals surface area contributed by atoms with Crippen LogP contribution in [-0.2, 0) is 4.79 Å². The zero-order valence-electron chi connectivity index (χ0n) is 32.3. The predicted octanol–water partition coefficient (Wildman–Crippen LogP) is 13.0. The van der Waals surface area contributed by atoms with Gasteiger partial charge in [-0.25, -0.2) is 0 Å². The topological polar surface area (TPSA) is 69.6 Å². The molecule has 0 radical (unpaired) electrons. The van der Waals surface area contributed by atoms with E-state index in [2.05, 4.69) is 43.5 Å². The Bertz CT molecular complexity index is 731. The SMILES string of the molecule is CCCCC/C=C\C/C=C\CCCCCCCCCC(=O)NC(CO)C(O)/C=C/CCCCCCCCCCCCCCCCCCC. The molecule has 0 aromatic carbocycles. The first-order valence-corrected chi connectivity index (χ1v) is 21.2. The van der Waals surface area contributed by atoms with Gasteiger partial charge in [-0.2, -0.15) is 0 Å². The summed E-state index contributed by atoms with van der Waals surface area (Å²) in [6, 6.07) is -0.625. The van der Waals surface area contributed by atoms with Crippen LogP contribution in [-0.4, -0.2) is 34.9 Å². The second-order valence-corrected chi connectivity index (χ2v) is 14.4. The highest BCUT2D eigenvalue weighted by Gasteiger charge is 2.17. The molecule has 4 nitrogen and oxygen atoms in total. The van der Waals surface area contributed by atoms with Crippen LogP contribution in [0.3, 0.4) is 0 Å². The minimum absolute atomic E-state index is 0.0720. The minimum Gasteiger partial charge on any atom is -0.394 e.